The minimum absolute atomic E-state index is 0.958. The summed E-state index contributed by atoms with van der Waals surface area (Å²) >= 11 is 0. The molecule has 0 N–H and O–H groups in total. The molecule has 2 unspecified atom stereocenters. The van der Waals surface area contributed by atoms with Gasteiger partial charge in [0.15, 0.2) is 0 Å². The van der Waals surface area contributed by atoms with Crippen LogP contribution in [0.1, 0.15) is 50.2 Å². The maximum Gasteiger partial charge on any atom is -0.0276 e. The number of hydrogen-bond donors (Lipinski definition) is 0. The highest BCUT2D eigenvalue weighted by molar-refractivity contribution is 5.21. The predicted octanol–water partition coefficient (Wildman–Crippen LogP) is 4.75. The molecule has 2 atom stereocenters. The third kappa shape index (κ3) is 3.10. The Kier molecular flexibility index (Phi) is 4.04. The second-order valence-corrected chi connectivity index (χ2v) is 5.55. The topological polar surface area (TPSA) is 0 Å². The Bertz CT molecular complexity index is 309. The van der Waals surface area contributed by atoms with Crippen molar-refractivity contribution >= 4 is 0 Å². The highest BCUT2D eigenvalue weighted by atomic mass is 14.3. The van der Waals surface area contributed by atoms with E-state index in [-0.39, 0.29) is 0 Å². The van der Waals surface area contributed by atoms with Crippen LogP contribution in [0.3, 0.4) is 0 Å². The van der Waals surface area contributed by atoms with Crippen molar-refractivity contribution in [3.05, 3.63) is 35.4 Å². The minimum Gasteiger partial charge on any atom is -0.0622 e. The molecule has 1 saturated carbocycles. The van der Waals surface area contributed by atoms with Crippen LogP contribution in [0.2, 0.25) is 0 Å². The summed E-state index contributed by atoms with van der Waals surface area (Å²) in [6, 6.07) is 9.06. The van der Waals surface area contributed by atoms with Gasteiger partial charge in [-0.3, -0.25) is 0 Å². The smallest absolute Gasteiger partial charge is 0.0276 e. The molecule has 1 aliphatic carbocycles. The van der Waals surface area contributed by atoms with Crippen LogP contribution in [0.4, 0.5) is 0 Å². The van der Waals surface area contributed by atoms with Crippen molar-refractivity contribution in [2.24, 2.45) is 11.8 Å². The van der Waals surface area contributed by atoms with Crippen LogP contribution in [-0.4, -0.2) is 0 Å². The second kappa shape index (κ2) is 5.52. The number of aryl methyl sites for hydroxylation is 2. The molecule has 0 saturated heterocycles. The van der Waals surface area contributed by atoms with Crippen LogP contribution in [-0.2, 0) is 6.42 Å². The molecule has 0 spiro atoms. The van der Waals surface area contributed by atoms with E-state index in [2.05, 4.69) is 38.1 Å². The Hall–Kier alpha value is -0.780. The van der Waals surface area contributed by atoms with Gasteiger partial charge in [0.1, 0.15) is 0 Å². The molecule has 16 heavy (non-hydrogen) atoms. The maximum absolute atomic E-state index is 2.44. The van der Waals surface area contributed by atoms with Crippen LogP contribution < -0.4 is 0 Å². The molecule has 0 bridgehead atoms. The molecule has 1 aromatic carbocycles. The Labute approximate surface area is 100 Å². The Balaban J connectivity index is 1.84. The highest BCUT2D eigenvalue weighted by Gasteiger charge is 2.20. The quantitative estimate of drug-likeness (QED) is 0.683. The van der Waals surface area contributed by atoms with Gasteiger partial charge >= 0.3 is 0 Å². The van der Waals surface area contributed by atoms with E-state index in [0.29, 0.717) is 0 Å². The first-order valence-electron chi connectivity index (χ1n) is 6.81. The fourth-order valence-corrected chi connectivity index (χ4v) is 2.93. The van der Waals surface area contributed by atoms with Gasteiger partial charge in [-0.15, -0.1) is 0 Å². The zero-order valence-corrected chi connectivity index (χ0v) is 10.7. The minimum atomic E-state index is 0.958. The maximum atomic E-state index is 2.44. The molecule has 0 aromatic heterocycles. The summed E-state index contributed by atoms with van der Waals surface area (Å²) < 4.78 is 0. The SMILES string of the molecule is Cc1ccc(CCC2CCCCC2C)cc1. The molecule has 0 radical (unpaired) electrons. The summed E-state index contributed by atoms with van der Waals surface area (Å²) in [7, 11) is 0. The van der Waals surface area contributed by atoms with Gasteiger partial charge in [0, 0.05) is 0 Å². The molecule has 1 fully saturated rings. The molecule has 0 nitrogen and oxygen atoms in total. The average Bonchev–Trinajstić information content (AvgIpc) is 2.30. The molecule has 0 amide bonds. The summed E-state index contributed by atoms with van der Waals surface area (Å²) in [5.41, 5.74) is 2.89. The molecule has 0 heterocycles. The van der Waals surface area contributed by atoms with E-state index in [1.54, 1.807) is 0 Å². The zero-order valence-electron chi connectivity index (χ0n) is 10.7. The number of rotatable bonds is 3. The van der Waals surface area contributed by atoms with Crippen LogP contribution >= 0.6 is 0 Å². The van der Waals surface area contributed by atoms with Crippen molar-refractivity contribution in [3.63, 3.8) is 0 Å². The lowest BCUT2D eigenvalue weighted by Gasteiger charge is -2.28. The summed E-state index contributed by atoms with van der Waals surface area (Å²) in [5.74, 6) is 1.94. The van der Waals surface area contributed by atoms with E-state index in [4.69, 9.17) is 0 Å². The number of benzene rings is 1. The van der Waals surface area contributed by atoms with Gasteiger partial charge in [-0.05, 0) is 37.2 Å². The molecule has 1 aliphatic rings. The van der Waals surface area contributed by atoms with Gasteiger partial charge in [-0.1, -0.05) is 62.4 Å². The van der Waals surface area contributed by atoms with Crippen LogP contribution in [0.25, 0.3) is 0 Å². The van der Waals surface area contributed by atoms with E-state index in [1.165, 1.54) is 49.7 Å². The van der Waals surface area contributed by atoms with E-state index in [9.17, 15) is 0 Å². The van der Waals surface area contributed by atoms with E-state index in [1.807, 2.05) is 0 Å². The summed E-state index contributed by atoms with van der Waals surface area (Å²) in [4.78, 5) is 0. The first-order valence-corrected chi connectivity index (χ1v) is 6.81. The first-order chi connectivity index (χ1) is 7.75. The Morgan fingerprint density at radius 1 is 1.06 bits per heavy atom. The van der Waals surface area contributed by atoms with Crippen molar-refractivity contribution in [1.82, 2.24) is 0 Å². The largest absolute Gasteiger partial charge is 0.0622 e. The van der Waals surface area contributed by atoms with Gasteiger partial charge < -0.3 is 0 Å². The highest BCUT2D eigenvalue weighted by Crippen LogP contribution is 2.32. The molecular formula is C16H24. The third-order valence-electron chi connectivity index (χ3n) is 4.21. The molecular weight excluding hydrogens is 192 g/mol. The van der Waals surface area contributed by atoms with Gasteiger partial charge in [-0.2, -0.15) is 0 Å². The first kappa shape index (κ1) is 11.7. The van der Waals surface area contributed by atoms with Crippen molar-refractivity contribution in [1.29, 1.82) is 0 Å². The zero-order chi connectivity index (χ0) is 11.4. The van der Waals surface area contributed by atoms with E-state index in [0.717, 1.165) is 11.8 Å². The predicted molar refractivity (Wildman–Crippen MR) is 70.6 cm³/mol. The summed E-state index contributed by atoms with van der Waals surface area (Å²) in [6.07, 6.45) is 8.51. The Morgan fingerprint density at radius 3 is 2.44 bits per heavy atom. The van der Waals surface area contributed by atoms with Crippen molar-refractivity contribution in [2.45, 2.75) is 52.4 Å². The number of hydrogen-bond acceptors (Lipinski definition) is 0. The van der Waals surface area contributed by atoms with Crippen molar-refractivity contribution < 1.29 is 0 Å². The average molecular weight is 216 g/mol. The van der Waals surface area contributed by atoms with Gasteiger partial charge in [0.2, 0.25) is 0 Å². The van der Waals surface area contributed by atoms with Crippen LogP contribution in [0.5, 0.6) is 0 Å². The van der Waals surface area contributed by atoms with Crippen LogP contribution in [0, 0.1) is 18.8 Å². The summed E-state index contributed by atoms with van der Waals surface area (Å²) in [5, 5.41) is 0. The molecule has 88 valence electrons. The molecule has 2 rings (SSSR count). The van der Waals surface area contributed by atoms with Gasteiger partial charge in [0.25, 0.3) is 0 Å². The van der Waals surface area contributed by atoms with Crippen LogP contribution in [0.15, 0.2) is 24.3 Å². The van der Waals surface area contributed by atoms with Gasteiger partial charge in [0.05, 0.1) is 0 Å². The monoisotopic (exact) mass is 216 g/mol. The van der Waals surface area contributed by atoms with Crippen molar-refractivity contribution in [2.75, 3.05) is 0 Å². The van der Waals surface area contributed by atoms with Gasteiger partial charge in [-0.25, -0.2) is 0 Å². The lowest BCUT2D eigenvalue weighted by Crippen LogP contribution is -2.17. The molecule has 1 aromatic rings. The van der Waals surface area contributed by atoms with E-state index < -0.39 is 0 Å². The molecule has 0 heteroatoms. The lowest BCUT2D eigenvalue weighted by molar-refractivity contribution is 0.242. The van der Waals surface area contributed by atoms with Crippen molar-refractivity contribution in [3.8, 4) is 0 Å². The standard InChI is InChI=1S/C16H24/c1-13-7-9-15(10-8-13)11-12-16-6-4-3-5-14(16)2/h7-10,14,16H,3-6,11-12H2,1-2H3. The fourth-order valence-electron chi connectivity index (χ4n) is 2.93. The third-order valence-corrected chi connectivity index (χ3v) is 4.21. The Morgan fingerprint density at radius 2 is 1.75 bits per heavy atom. The summed E-state index contributed by atoms with van der Waals surface area (Å²) in [6.45, 7) is 4.60. The fraction of sp³-hybridized carbons (Fsp3) is 0.625. The second-order valence-electron chi connectivity index (χ2n) is 5.55. The molecule has 0 aliphatic heterocycles. The van der Waals surface area contributed by atoms with E-state index >= 15 is 0 Å². The normalized spacial score (nSPS) is 25.6. The lowest BCUT2D eigenvalue weighted by atomic mass is 9.77.